The molecule has 7 nitrogen and oxygen atoms in total. The van der Waals surface area contributed by atoms with Gasteiger partial charge in [0.05, 0.1) is 10.8 Å². The van der Waals surface area contributed by atoms with Crippen LogP contribution >= 0.6 is 0 Å². The summed E-state index contributed by atoms with van der Waals surface area (Å²) in [4.78, 5) is 34.4. The minimum Gasteiger partial charge on any atom is -0.481 e. The van der Waals surface area contributed by atoms with Gasteiger partial charge in [-0.3, -0.25) is 19.7 Å². The molecule has 0 spiro atoms. The summed E-state index contributed by atoms with van der Waals surface area (Å²) in [5, 5.41) is 19.6. The summed E-state index contributed by atoms with van der Waals surface area (Å²) in [7, 11) is 0. The highest BCUT2D eigenvalue weighted by atomic mass is 16.6. The molecule has 1 amide bonds. The average Bonchev–Trinajstić information content (AvgIpc) is 2.46. The van der Waals surface area contributed by atoms with E-state index in [1.165, 1.54) is 12.1 Å². The third-order valence-corrected chi connectivity index (χ3v) is 3.67. The van der Waals surface area contributed by atoms with Crippen LogP contribution in [0.1, 0.15) is 18.4 Å². The summed E-state index contributed by atoms with van der Waals surface area (Å²) >= 11 is 0. The van der Waals surface area contributed by atoms with E-state index in [0.717, 1.165) is 5.56 Å². The van der Waals surface area contributed by atoms with Crippen molar-refractivity contribution in [3.8, 4) is 0 Å². The number of hydrogen-bond donors (Lipinski definition) is 1. The summed E-state index contributed by atoms with van der Waals surface area (Å²) in [5.74, 6) is -1.41. The predicted molar refractivity (Wildman–Crippen MR) is 73.7 cm³/mol. The van der Waals surface area contributed by atoms with Crippen LogP contribution in [0.4, 0.5) is 5.69 Å². The summed E-state index contributed by atoms with van der Waals surface area (Å²) in [6.45, 7) is 0.668. The lowest BCUT2D eigenvalue weighted by molar-refractivity contribution is -0.384. The Morgan fingerprint density at radius 2 is 2.05 bits per heavy atom. The van der Waals surface area contributed by atoms with E-state index in [1.807, 2.05) is 0 Å². The van der Waals surface area contributed by atoms with Gasteiger partial charge < -0.3 is 10.0 Å². The molecule has 0 bridgehead atoms. The highest BCUT2D eigenvalue weighted by molar-refractivity contribution is 5.80. The molecule has 1 aromatic rings. The number of hydrogen-bond acceptors (Lipinski definition) is 4. The zero-order chi connectivity index (χ0) is 15.4. The quantitative estimate of drug-likeness (QED) is 0.654. The summed E-state index contributed by atoms with van der Waals surface area (Å²) in [5.41, 5.74) is 0.907. The van der Waals surface area contributed by atoms with Gasteiger partial charge in [0.25, 0.3) is 5.69 Å². The van der Waals surface area contributed by atoms with E-state index < -0.39 is 16.8 Å². The first kappa shape index (κ1) is 15.0. The second-order valence-electron chi connectivity index (χ2n) is 5.09. The third-order valence-electron chi connectivity index (χ3n) is 3.67. The first-order valence-corrected chi connectivity index (χ1v) is 6.71. The molecule has 1 saturated heterocycles. The van der Waals surface area contributed by atoms with E-state index in [2.05, 4.69) is 0 Å². The molecule has 112 valence electrons. The highest BCUT2D eigenvalue weighted by Crippen LogP contribution is 2.19. The number of likely N-dealkylation sites (tertiary alicyclic amines) is 1. The van der Waals surface area contributed by atoms with E-state index in [0.29, 0.717) is 19.4 Å². The van der Waals surface area contributed by atoms with Crippen molar-refractivity contribution in [2.24, 2.45) is 5.92 Å². The molecule has 1 aliphatic heterocycles. The van der Waals surface area contributed by atoms with Crippen molar-refractivity contribution in [2.75, 3.05) is 13.1 Å². The van der Waals surface area contributed by atoms with E-state index >= 15 is 0 Å². The van der Waals surface area contributed by atoms with Gasteiger partial charge in [-0.1, -0.05) is 12.1 Å². The predicted octanol–water partition coefficient (Wildman–Crippen LogP) is 1.46. The van der Waals surface area contributed by atoms with Gasteiger partial charge in [0.15, 0.2) is 0 Å². The van der Waals surface area contributed by atoms with Crippen LogP contribution in [0.5, 0.6) is 0 Å². The van der Waals surface area contributed by atoms with Crippen LogP contribution in [0, 0.1) is 16.0 Å². The number of non-ortho nitro benzene ring substituents is 1. The number of amides is 1. The minimum atomic E-state index is -0.872. The number of nitrogens with zero attached hydrogens (tertiary/aromatic N) is 2. The third kappa shape index (κ3) is 3.77. The smallest absolute Gasteiger partial charge is 0.308 e. The Bertz CT molecular complexity index is 555. The molecular weight excluding hydrogens is 276 g/mol. The zero-order valence-corrected chi connectivity index (χ0v) is 11.4. The number of carboxylic acids is 1. The number of carbonyl (C=O) groups is 2. The van der Waals surface area contributed by atoms with Crippen molar-refractivity contribution in [1.29, 1.82) is 0 Å². The van der Waals surface area contributed by atoms with Crippen LogP contribution in [0.3, 0.4) is 0 Å². The van der Waals surface area contributed by atoms with Crippen molar-refractivity contribution in [2.45, 2.75) is 19.3 Å². The van der Waals surface area contributed by atoms with Gasteiger partial charge in [-0.05, 0) is 18.4 Å². The molecular formula is C14H16N2O5. The second kappa shape index (κ2) is 6.34. The second-order valence-corrected chi connectivity index (χ2v) is 5.09. The molecule has 1 unspecified atom stereocenters. The van der Waals surface area contributed by atoms with Gasteiger partial charge in [0.1, 0.15) is 0 Å². The fraction of sp³-hybridized carbons (Fsp3) is 0.429. The van der Waals surface area contributed by atoms with Crippen LogP contribution in [0.15, 0.2) is 24.3 Å². The summed E-state index contributed by atoms with van der Waals surface area (Å²) < 4.78 is 0. The van der Waals surface area contributed by atoms with Gasteiger partial charge >= 0.3 is 5.97 Å². The van der Waals surface area contributed by atoms with Crippen molar-refractivity contribution in [3.63, 3.8) is 0 Å². The number of nitro benzene ring substituents is 1. The fourth-order valence-corrected chi connectivity index (χ4v) is 2.38. The van der Waals surface area contributed by atoms with Crippen LogP contribution in [0.25, 0.3) is 0 Å². The van der Waals surface area contributed by atoms with Crippen molar-refractivity contribution in [1.82, 2.24) is 4.90 Å². The molecule has 0 radical (unpaired) electrons. The van der Waals surface area contributed by atoms with Crippen LogP contribution in [-0.2, 0) is 16.0 Å². The van der Waals surface area contributed by atoms with Gasteiger partial charge in [0.2, 0.25) is 5.91 Å². The molecule has 0 saturated carbocycles. The van der Waals surface area contributed by atoms with Gasteiger partial charge in [0, 0.05) is 31.6 Å². The van der Waals surface area contributed by atoms with Crippen molar-refractivity contribution < 1.29 is 19.6 Å². The maximum Gasteiger partial charge on any atom is 0.308 e. The molecule has 1 N–H and O–H groups in total. The fourth-order valence-electron chi connectivity index (χ4n) is 2.38. The molecule has 1 aromatic carbocycles. The van der Waals surface area contributed by atoms with Crippen LogP contribution in [-0.4, -0.2) is 39.9 Å². The molecule has 0 aliphatic carbocycles. The SMILES string of the molecule is O=C(O)C1CCC(=O)N(CCc2ccc([N+](=O)[O-])cc2)C1. The lowest BCUT2D eigenvalue weighted by Crippen LogP contribution is -2.43. The lowest BCUT2D eigenvalue weighted by Gasteiger charge is -2.30. The molecule has 1 atom stereocenters. The Balaban J connectivity index is 1.93. The largest absolute Gasteiger partial charge is 0.481 e. The highest BCUT2D eigenvalue weighted by Gasteiger charge is 2.29. The average molecular weight is 292 g/mol. The summed E-state index contributed by atoms with van der Waals surface area (Å²) in [6, 6.07) is 6.16. The molecule has 1 aliphatic rings. The Hall–Kier alpha value is -2.44. The molecule has 2 rings (SSSR count). The van der Waals surface area contributed by atoms with Gasteiger partial charge in [-0.2, -0.15) is 0 Å². The Morgan fingerprint density at radius 3 is 2.62 bits per heavy atom. The number of carbonyl (C=O) groups excluding carboxylic acids is 1. The van der Waals surface area contributed by atoms with Crippen LogP contribution in [0.2, 0.25) is 0 Å². The molecule has 7 heteroatoms. The Labute approximate surface area is 121 Å². The van der Waals surface area contributed by atoms with Gasteiger partial charge in [-0.15, -0.1) is 0 Å². The van der Waals surface area contributed by atoms with E-state index in [4.69, 9.17) is 5.11 Å². The number of benzene rings is 1. The number of carboxylic acid groups (broad SMARTS) is 1. The molecule has 1 heterocycles. The first-order valence-electron chi connectivity index (χ1n) is 6.71. The molecule has 21 heavy (non-hydrogen) atoms. The minimum absolute atomic E-state index is 0.0266. The lowest BCUT2D eigenvalue weighted by atomic mass is 9.97. The topological polar surface area (TPSA) is 101 Å². The normalized spacial score (nSPS) is 18.6. The van der Waals surface area contributed by atoms with E-state index in [-0.39, 0.29) is 24.6 Å². The number of aliphatic carboxylic acids is 1. The molecule has 1 fully saturated rings. The monoisotopic (exact) mass is 292 g/mol. The summed E-state index contributed by atoms with van der Waals surface area (Å²) in [6.07, 6.45) is 1.20. The molecule has 0 aromatic heterocycles. The van der Waals surface area contributed by atoms with Gasteiger partial charge in [-0.25, -0.2) is 0 Å². The van der Waals surface area contributed by atoms with Crippen LogP contribution < -0.4 is 0 Å². The van der Waals surface area contributed by atoms with Crippen molar-refractivity contribution >= 4 is 17.6 Å². The number of nitro groups is 1. The zero-order valence-electron chi connectivity index (χ0n) is 11.4. The standard InChI is InChI=1S/C14H16N2O5/c17-13-6-3-11(14(18)19)9-15(13)8-7-10-1-4-12(5-2-10)16(20)21/h1-2,4-5,11H,3,6-9H2,(H,18,19). The maximum absolute atomic E-state index is 11.8. The Morgan fingerprint density at radius 1 is 1.38 bits per heavy atom. The number of rotatable bonds is 5. The van der Waals surface area contributed by atoms with E-state index in [9.17, 15) is 19.7 Å². The number of piperidine rings is 1. The Kier molecular flexibility index (Phi) is 4.52. The van der Waals surface area contributed by atoms with E-state index in [1.54, 1.807) is 17.0 Å². The maximum atomic E-state index is 11.8. The first-order chi connectivity index (χ1) is 9.97. The van der Waals surface area contributed by atoms with Crippen molar-refractivity contribution in [3.05, 3.63) is 39.9 Å².